The maximum Gasteiger partial charge on any atom is 0.314 e. The van der Waals surface area contributed by atoms with Crippen molar-refractivity contribution < 1.29 is 19.1 Å². The second kappa shape index (κ2) is 5.54. The Kier molecular flexibility index (Phi) is 3.90. The van der Waals surface area contributed by atoms with Crippen LogP contribution in [0.1, 0.15) is 36.9 Å². The van der Waals surface area contributed by atoms with E-state index in [0.29, 0.717) is 23.1 Å². The summed E-state index contributed by atoms with van der Waals surface area (Å²) in [5.74, 6) is -0.513. The van der Waals surface area contributed by atoms with Crippen LogP contribution in [-0.2, 0) is 14.3 Å². The van der Waals surface area contributed by atoms with Crippen molar-refractivity contribution in [2.45, 2.75) is 27.2 Å². The maximum atomic E-state index is 12.8. The number of amides is 2. The van der Waals surface area contributed by atoms with Gasteiger partial charge < -0.3 is 15.0 Å². The van der Waals surface area contributed by atoms with Crippen LogP contribution in [0.15, 0.2) is 6.20 Å². The van der Waals surface area contributed by atoms with Gasteiger partial charge in [-0.2, -0.15) is 0 Å². The van der Waals surface area contributed by atoms with E-state index in [4.69, 9.17) is 4.74 Å². The van der Waals surface area contributed by atoms with Crippen molar-refractivity contribution in [2.24, 2.45) is 16.7 Å². The van der Waals surface area contributed by atoms with Gasteiger partial charge in [0.25, 0.3) is 5.91 Å². The van der Waals surface area contributed by atoms with E-state index in [9.17, 15) is 14.4 Å². The minimum absolute atomic E-state index is 0.0122. The van der Waals surface area contributed by atoms with E-state index in [1.165, 1.54) is 20.2 Å². The number of aromatic nitrogens is 1. The lowest BCUT2D eigenvalue weighted by atomic mass is 9.48. The molecule has 1 aromatic heterocycles. The molecule has 0 unspecified atom stereocenters. The molecule has 0 bridgehead atoms. The van der Waals surface area contributed by atoms with Gasteiger partial charge in [0.15, 0.2) is 5.13 Å². The number of hydrogen-bond acceptors (Lipinski definition) is 6. The van der Waals surface area contributed by atoms with Gasteiger partial charge >= 0.3 is 5.97 Å². The highest BCUT2D eigenvalue weighted by molar-refractivity contribution is 7.17. The van der Waals surface area contributed by atoms with Crippen LogP contribution in [0.4, 0.5) is 5.13 Å². The lowest BCUT2D eigenvalue weighted by molar-refractivity contribution is -0.174. The zero-order chi connectivity index (χ0) is 17.7. The van der Waals surface area contributed by atoms with Crippen molar-refractivity contribution in [1.29, 1.82) is 0 Å². The summed E-state index contributed by atoms with van der Waals surface area (Å²) < 4.78 is 5.00. The van der Waals surface area contributed by atoms with E-state index < -0.39 is 5.41 Å². The Morgan fingerprint density at radius 2 is 2.12 bits per heavy atom. The number of nitrogens with one attached hydrogen (secondary N) is 1. The quantitative estimate of drug-likeness (QED) is 0.838. The van der Waals surface area contributed by atoms with E-state index >= 15 is 0 Å². The Balaban J connectivity index is 1.79. The molecular formula is C16H21N3O4S. The molecule has 2 aliphatic rings. The van der Waals surface area contributed by atoms with Gasteiger partial charge in [-0.1, -0.05) is 25.2 Å². The number of carbonyl (C=O) groups is 3. The first-order chi connectivity index (χ1) is 11.2. The zero-order valence-electron chi connectivity index (χ0n) is 14.2. The number of hydrogen-bond donors (Lipinski definition) is 1. The molecule has 0 spiro atoms. The van der Waals surface area contributed by atoms with Crippen LogP contribution >= 0.6 is 11.3 Å². The first-order valence-electron chi connectivity index (χ1n) is 7.81. The molecule has 0 radical (unpaired) electrons. The standard InChI is InChI=1S/C16H21N3O4S/c1-9(20)18-14-17-5-10(24-14)12(21)19-6-11-15(2,3)7-16(11,8-19)13(22)23-4/h5,11H,6-8H2,1-4H3,(H,17,18,20)/t11-,16+/m1/s1. The molecule has 1 saturated heterocycles. The second-order valence-corrected chi connectivity index (χ2v) is 8.29. The molecule has 1 saturated carbocycles. The van der Waals surface area contributed by atoms with Gasteiger partial charge in [-0.3, -0.25) is 14.4 Å². The highest BCUT2D eigenvalue weighted by atomic mass is 32.1. The Hall–Kier alpha value is -1.96. The Labute approximate surface area is 144 Å². The molecule has 7 nitrogen and oxygen atoms in total. The first-order valence-corrected chi connectivity index (χ1v) is 8.62. The number of thiazole rings is 1. The molecule has 1 aliphatic heterocycles. The van der Waals surface area contributed by atoms with Crippen molar-refractivity contribution in [1.82, 2.24) is 9.88 Å². The van der Waals surface area contributed by atoms with Gasteiger partial charge in [-0.25, -0.2) is 4.98 Å². The predicted molar refractivity (Wildman–Crippen MR) is 88.7 cm³/mol. The van der Waals surface area contributed by atoms with Gasteiger partial charge in [0.05, 0.1) is 18.7 Å². The first kappa shape index (κ1) is 16.9. The normalized spacial score (nSPS) is 27.2. The largest absolute Gasteiger partial charge is 0.469 e. The molecule has 2 heterocycles. The minimum Gasteiger partial charge on any atom is -0.469 e. The third-order valence-electron chi connectivity index (χ3n) is 5.14. The number of nitrogens with zero attached hydrogens (tertiary/aromatic N) is 2. The Morgan fingerprint density at radius 3 is 2.71 bits per heavy atom. The molecule has 130 valence electrons. The Bertz CT molecular complexity index is 714. The van der Waals surface area contributed by atoms with E-state index in [2.05, 4.69) is 24.1 Å². The van der Waals surface area contributed by atoms with E-state index in [1.54, 1.807) is 4.90 Å². The SMILES string of the molecule is COC(=O)[C@@]12CN(C(=O)c3cnc(NC(C)=O)s3)C[C@@H]1C(C)(C)C2. The minimum atomic E-state index is -0.584. The number of fused-ring (bicyclic) bond motifs is 1. The summed E-state index contributed by atoms with van der Waals surface area (Å²) in [4.78, 5) is 42.3. The van der Waals surface area contributed by atoms with Gasteiger partial charge in [0.1, 0.15) is 4.88 Å². The third kappa shape index (κ3) is 2.49. The molecular weight excluding hydrogens is 330 g/mol. The summed E-state index contributed by atoms with van der Waals surface area (Å²) in [5, 5.41) is 2.97. The smallest absolute Gasteiger partial charge is 0.314 e. The van der Waals surface area contributed by atoms with Gasteiger partial charge in [0, 0.05) is 20.0 Å². The number of likely N-dealkylation sites (tertiary alicyclic amines) is 1. The topological polar surface area (TPSA) is 88.6 Å². The van der Waals surface area contributed by atoms with Crippen LogP contribution in [0.2, 0.25) is 0 Å². The predicted octanol–water partition coefficient (Wildman–Crippen LogP) is 1.76. The molecule has 2 fully saturated rings. The number of methoxy groups -OCH3 is 1. The van der Waals surface area contributed by atoms with Gasteiger partial charge in [-0.15, -0.1) is 0 Å². The van der Waals surface area contributed by atoms with Crippen molar-refractivity contribution in [2.75, 3.05) is 25.5 Å². The molecule has 2 atom stereocenters. The van der Waals surface area contributed by atoms with Crippen molar-refractivity contribution in [3.63, 3.8) is 0 Å². The number of esters is 1. The van der Waals surface area contributed by atoms with Crippen LogP contribution < -0.4 is 5.32 Å². The highest BCUT2D eigenvalue weighted by Crippen LogP contribution is 2.63. The monoisotopic (exact) mass is 351 g/mol. The van der Waals surface area contributed by atoms with E-state index in [-0.39, 0.29) is 29.1 Å². The van der Waals surface area contributed by atoms with Crippen molar-refractivity contribution in [3.05, 3.63) is 11.1 Å². The fourth-order valence-corrected chi connectivity index (χ4v) is 5.09. The molecule has 3 rings (SSSR count). The summed E-state index contributed by atoms with van der Waals surface area (Å²) in [6, 6.07) is 0. The van der Waals surface area contributed by atoms with Crippen LogP contribution in [0, 0.1) is 16.7 Å². The summed E-state index contributed by atoms with van der Waals surface area (Å²) in [6.45, 7) is 6.54. The second-order valence-electron chi connectivity index (χ2n) is 7.26. The van der Waals surface area contributed by atoms with Crippen molar-refractivity contribution in [3.8, 4) is 0 Å². The fraction of sp³-hybridized carbons (Fsp3) is 0.625. The molecule has 24 heavy (non-hydrogen) atoms. The molecule has 8 heteroatoms. The number of anilines is 1. The number of carbonyl (C=O) groups excluding carboxylic acids is 3. The van der Waals surface area contributed by atoms with Crippen molar-refractivity contribution >= 4 is 34.3 Å². The summed E-state index contributed by atoms with van der Waals surface area (Å²) >= 11 is 1.14. The molecule has 1 aromatic rings. The molecule has 2 amide bonds. The Morgan fingerprint density at radius 1 is 1.42 bits per heavy atom. The molecule has 1 N–H and O–H groups in total. The van der Waals surface area contributed by atoms with Crippen LogP contribution in [0.5, 0.6) is 0 Å². The van der Waals surface area contributed by atoms with Gasteiger partial charge in [0.2, 0.25) is 5.91 Å². The lowest BCUT2D eigenvalue weighted by Crippen LogP contribution is -2.57. The summed E-state index contributed by atoms with van der Waals surface area (Å²) in [7, 11) is 1.40. The summed E-state index contributed by atoms with van der Waals surface area (Å²) in [5.41, 5.74) is -0.572. The molecule has 0 aromatic carbocycles. The number of ether oxygens (including phenoxy) is 1. The summed E-state index contributed by atoms with van der Waals surface area (Å²) in [6.07, 6.45) is 2.19. The van der Waals surface area contributed by atoms with Crippen LogP contribution in [0.3, 0.4) is 0 Å². The average molecular weight is 351 g/mol. The lowest BCUT2D eigenvalue weighted by Gasteiger charge is -2.54. The third-order valence-corrected chi connectivity index (χ3v) is 6.04. The van der Waals surface area contributed by atoms with E-state index in [0.717, 1.165) is 17.8 Å². The zero-order valence-corrected chi connectivity index (χ0v) is 15.0. The maximum absolute atomic E-state index is 12.8. The highest BCUT2D eigenvalue weighted by Gasteiger charge is 2.68. The average Bonchev–Trinajstić information content (AvgIpc) is 3.08. The van der Waals surface area contributed by atoms with E-state index in [1.807, 2.05) is 0 Å². The molecule has 1 aliphatic carbocycles. The van der Waals surface area contributed by atoms with Crippen LogP contribution in [0.25, 0.3) is 0 Å². The van der Waals surface area contributed by atoms with Gasteiger partial charge in [-0.05, 0) is 17.8 Å². The van der Waals surface area contributed by atoms with Crippen LogP contribution in [-0.4, -0.2) is 47.9 Å². The fourth-order valence-electron chi connectivity index (χ4n) is 4.26. The number of rotatable bonds is 3.